The maximum atomic E-state index is 13.7. The van der Waals surface area contributed by atoms with Crippen molar-refractivity contribution in [3.8, 4) is 0 Å². The van der Waals surface area contributed by atoms with E-state index >= 15 is 0 Å². The molecular formula is C25H29ClFN4O7P. The van der Waals surface area contributed by atoms with Crippen LogP contribution in [0, 0.1) is 5.82 Å². The van der Waals surface area contributed by atoms with Gasteiger partial charge in [0, 0.05) is 25.2 Å². The molecule has 0 spiro atoms. The molecule has 0 aliphatic carbocycles. The summed E-state index contributed by atoms with van der Waals surface area (Å²) in [7, 11) is -3.08. The number of fused-ring (bicyclic) bond motifs is 1. The minimum atomic E-state index is -4.58. The molecule has 39 heavy (non-hydrogen) atoms. The van der Waals surface area contributed by atoms with Crippen molar-refractivity contribution >= 4 is 48.1 Å². The van der Waals surface area contributed by atoms with Gasteiger partial charge in [0.1, 0.15) is 18.2 Å². The van der Waals surface area contributed by atoms with Gasteiger partial charge in [-0.2, -0.15) is 0 Å². The number of amides is 3. The number of phosphoric acid groups is 1. The number of rotatable bonds is 12. The molecule has 0 saturated carbocycles. The first kappa shape index (κ1) is 30.3. The van der Waals surface area contributed by atoms with Crippen LogP contribution in [0.15, 0.2) is 54.7 Å². The van der Waals surface area contributed by atoms with E-state index in [2.05, 4.69) is 20.1 Å². The van der Waals surface area contributed by atoms with Gasteiger partial charge in [0.25, 0.3) is 0 Å². The molecule has 0 unspecified atom stereocenters. The fourth-order valence-electron chi connectivity index (χ4n) is 3.67. The number of phosphoric ester groups is 1. The molecule has 1 heterocycles. The van der Waals surface area contributed by atoms with Gasteiger partial charge in [-0.1, -0.05) is 48.0 Å². The molecule has 1 aromatic heterocycles. The fourth-order valence-corrected chi connectivity index (χ4v) is 4.22. The molecule has 3 amide bonds. The van der Waals surface area contributed by atoms with Crippen LogP contribution in [-0.2, 0) is 20.4 Å². The third-order valence-corrected chi connectivity index (χ3v) is 6.73. The Balaban J connectivity index is 1.58. The summed E-state index contributed by atoms with van der Waals surface area (Å²) >= 11 is 5.96. The number of hydrogen-bond acceptors (Lipinski definition) is 6. The number of urea groups is 1. The molecule has 3 aromatic rings. The average molecular weight is 583 g/mol. The second-order valence-electron chi connectivity index (χ2n) is 8.60. The first-order chi connectivity index (χ1) is 18.5. The number of nitrogens with one attached hydrogen (secondary N) is 2. The quantitative estimate of drug-likeness (QED) is 0.171. The van der Waals surface area contributed by atoms with Gasteiger partial charge in [0.2, 0.25) is 0 Å². The number of halogens is 2. The molecule has 4 N–H and O–H groups in total. The lowest BCUT2D eigenvalue weighted by molar-refractivity contribution is 0.111. The summed E-state index contributed by atoms with van der Waals surface area (Å²) < 4.78 is 34.4. The van der Waals surface area contributed by atoms with Crippen LogP contribution in [-0.4, -0.2) is 58.1 Å². The van der Waals surface area contributed by atoms with Crippen LogP contribution in [0.5, 0.6) is 0 Å². The Morgan fingerprint density at radius 2 is 1.90 bits per heavy atom. The van der Waals surface area contributed by atoms with E-state index in [1.807, 2.05) is 24.3 Å². The van der Waals surface area contributed by atoms with Gasteiger partial charge in [-0.25, -0.2) is 23.5 Å². The monoisotopic (exact) mass is 582 g/mol. The normalized spacial score (nSPS) is 12.1. The van der Waals surface area contributed by atoms with Crippen LogP contribution in [0.2, 0.25) is 5.02 Å². The molecule has 0 fully saturated rings. The van der Waals surface area contributed by atoms with E-state index in [-0.39, 0.29) is 24.8 Å². The Labute approximate surface area is 229 Å². The molecule has 0 bridgehead atoms. The van der Waals surface area contributed by atoms with Crippen LogP contribution in [0.4, 0.5) is 19.8 Å². The summed E-state index contributed by atoms with van der Waals surface area (Å²) in [5.74, 6) is -0.310. The molecule has 0 aliphatic heterocycles. The van der Waals surface area contributed by atoms with Crippen molar-refractivity contribution in [2.75, 3.05) is 25.6 Å². The van der Waals surface area contributed by atoms with Gasteiger partial charge in [0.15, 0.2) is 0 Å². The van der Waals surface area contributed by atoms with Crippen molar-refractivity contribution in [1.82, 2.24) is 15.2 Å². The lowest BCUT2D eigenvalue weighted by Gasteiger charge is -2.28. The number of unbranched alkanes of at least 4 members (excludes halogenated alkanes) is 1. The molecular weight excluding hydrogens is 554 g/mol. The fraction of sp³-hybridized carbons (Fsp3) is 0.320. The number of aromatic nitrogens is 1. The van der Waals surface area contributed by atoms with E-state index in [0.717, 1.165) is 10.8 Å². The van der Waals surface area contributed by atoms with Crippen LogP contribution < -0.4 is 10.6 Å². The van der Waals surface area contributed by atoms with Gasteiger partial charge in [-0.15, -0.1) is 0 Å². The summed E-state index contributed by atoms with van der Waals surface area (Å²) in [6, 6.07) is 12.4. The highest BCUT2D eigenvalue weighted by Crippen LogP contribution is 2.35. The standard InChI is InChI=1S/C25H29ClFN4O7P/c1-31(24(32)29-15-19-9-6-11-21(27)23(19)26)20(10-4-5-12-38-39(34,35)36)16-37-25(33)30-22-13-17-7-2-3-8-18(17)14-28-22/h2-3,6-9,11,13-14,20H,4-5,10,12,15-16H2,1H3,(H,29,32)(H,28,30,33)(H2,34,35,36)/t20-/m0/s1. The largest absolute Gasteiger partial charge is 0.469 e. The number of benzene rings is 2. The maximum Gasteiger partial charge on any atom is 0.469 e. The molecule has 14 heteroatoms. The highest BCUT2D eigenvalue weighted by molar-refractivity contribution is 7.46. The van der Waals surface area contributed by atoms with E-state index < -0.39 is 31.8 Å². The second-order valence-corrected chi connectivity index (χ2v) is 10.2. The lowest BCUT2D eigenvalue weighted by Crippen LogP contribution is -2.46. The number of carbonyl (C=O) groups is 2. The second kappa shape index (κ2) is 14.2. The molecule has 2 aromatic carbocycles. The molecule has 0 radical (unpaired) electrons. The molecule has 210 valence electrons. The van der Waals surface area contributed by atoms with Crippen LogP contribution >= 0.6 is 19.4 Å². The van der Waals surface area contributed by atoms with Crippen molar-refractivity contribution in [2.45, 2.75) is 31.8 Å². The van der Waals surface area contributed by atoms with Crippen LogP contribution in [0.1, 0.15) is 24.8 Å². The Bertz CT molecular complexity index is 1340. The van der Waals surface area contributed by atoms with Crippen LogP contribution in [0.3, 0.4) is 0 Å². The predicted octanol–water partition coefficient (Wildman–Crippen LogP) is 5.07. The Morgan fingerprint density at radius 1 is 1.15 bits per heavy atom. The first-order valence-corrected chi connectivity index (χ1v) is 13.9. The number of nitrogens with zero attached hydrogens (tertiary/aromatic N) is 2. The summed E-state index contributed by atoms with van der Waals surface area (Å²) in [6.07, 6.45) is 1.89. The SMILES string of the molecule is CN(C(=O)NCc1cccc(F)c1Cl)[C@@H](CCCCOP(=O)(O)O)COC(=O)Nc1cc2ccccc2cn1. The predicted molar refractivity (Wildman–Crippen MR) is 144 cm³/mol. The van der Waals surface area contributed by atoms with E-state index in [1.54, 1.807) is 18.3 Å². The molecule has 0 aliphatic rings. The van der Waals surface area contributed by atoms with Crippen molar-refractivity contribution in [2.24, 2.45) is 0 Å². The zero-order valence-electron chi connectivity index (χ0n) is 21.0. The number of pyridine rings is 1. The lowest BCUT2D eigenvalue weighted by atomic mass is 10.1. The summed E-state index contributed by atoms with van der Waals surface area (Å²) in [5.41, 5.74) is 0.392. The summed E-state index contributed by atoms with van der Waals surface area (Å²) in [6.45, 7) is -0.388. The molecule has 11 nitrogen and oxygen atoms in total. The van der Waals surface area contributed by atoms with Gasteiger partial charge in [0.05, 0.1) is 17.7 Å². The van der Waals surface area contributed by atoms with E-state index in [4.69, 9.17) is 26.1 Å². The molecule has 0 saturated heterocycles. The zero-order chi connectivity index (χ0) is 28.4. The number of ether oxygens (including phenoxy) is 1. The van der Waals surface area contributed by atoms with Gasteiger partial charge in [-0.05, 0) is 42.3 Å². The molecule has 3 rings (SSSR count). The topological polar surface area (TPSA) is 150 Å². The van der Waals surface area contributed by atoms with Gasteiger partial charge in [-0.3, -0.25) is 9.84 Å². The van der Waals surface area contributed by atoms with Crippen molar-refractivity contribution in [1.29, 1.82) is 0 Å². The summed E-state index contributed by atoms with van der Waals surface area (Å²) in [5, 5.41) is 6.91. The average Bonchev–Trinajstić information content (AvgIpc) is 2.89. The Morgan fingerprint density at radius 3 is 2.64 bits per heavy atom. The van der Waals surface area contributed by atoms with Crippen molar-refractivity contribution in [3.05, 3.63) is 71.1 Å². The third kappa shape index (κ3) is 9.76. The maximum absolute atomic E-state index is 13.7. The minimum Gasteiger partial charge on any atom is -0.447 e. The van der Waals surface area contributed by atoms with E-state index in [0.29, 0.717) is 30.6 Å². The Kier molecular flexibility index (Phi) is 11.0. The highest BCUT2D eigenvalue weighted by Gasteiger charge is 2.22. The van der Waals surface area contributed by atoms with Crippen molar-refractivity contribution in [3.63, 3.8) is 0 Å². The first-order valence-electron chi connectivity index (χ1n) is 12.0. The minimum absolute atomic E-state index is 0.0302. The van der Waals surface area contributed by atoms with E-state index in [9.17, 15) is 18.5 Å². The number of anilines is 1. The third-order valence-electron chi connectivity index (χ3n) is 5.79. The van der Waals surface area contributed by atoms with Crippen molar-refractivity contribution < 1.29 is 37.6 Å². The van der Waals surface area contributed by atoms with Crippen LogP contribution in [0.25, 0.3) is 10.8 Å². The zero-order valence-corrected chi connectivity index (χ0v) is 22.7. The number of hydrogen-bond donors (Lipinski definition) is 4. The highest BCUT2D eigenvalue weighted by atomic mass is 35.5. The Hall–Kier alpha value is -3.28. The van der Waals surface area contributed by atoms with Gasteiger partial charge >= 0.3 is 19.9 Å². The number of carbonyl (C=O) groups excluding carboxylic acids is 2. The summed E-state index contributed by atoms with van der Waals surface area (Å²) in [4.78, 5) is 48.5. The number of likely N-dealkylation sites (N-methyl/N-ethyl adjacent to an activating group) is 1. The van der Waals surface area contributed by atoms with E-state index in [1.165, 1.54) is 24.1 Å². The molecule has 1 atom stereocenters. The smallest absolute Gasteiger partial charge is 0.447 e. The van der Waals surface area contributed by atoms with Gasteiger partial charge < -0.3 is 24.7 Å².